The quantitative estimate of drug-likeness (QED) is 0.321. The highest BCUT2D eigenvalue weighted by atomic mass is 19.1. The first-order chi connectivity index (χ1) is 16.8. The number of halogens is 1. The number of amides is 2. The lowest BCUT2D eigenvalue weighted by atomic mass is 9.98. The molecule has 3 aromatic rings. The molecule has 8 nitrogen and oxygen atoms in total. The second kappa shape index (κ2) is 10.5. The summed E-state index contributed by atoms with van der Waals surface area (Å²) in [6, 6.07) is 17.3. The molecule has 1 fully saturated rings. The Kier molecular flexibility index (Phi) is 7.19. The van der Waals surface area contributed by atoms with E-state index in [4.69, 9.17) is 15.9 Å². The molecule has 1 aliphatic rings. The minimum Gasteiger partial charge on any atom is -0.384 e. The molecule has 0 saturated carbocycles. The number of aliphatic hydroxyl groups is 1. The van der Waals surface area contributed by atoms with Gasteiger partial charge in [0.1, 0.15) is 11.7 Å². The maximum atomic E-state index is 14.5. The minimum absolute atomic E-state index is 0.0397. The van der Waals surface area contributed by atoms with Gasteiger partial charge >= 0.3 is 0 Å². The summed E-state index contributed by atoms with van der Waals surface area (Å²) in [6.07, 6.45) is -1.46. The van der Waals surface area contributed by atoms with Crippen molar-refractivity contribution in [2.45, 2.75) is 6.10 Å². The Morgan fingerprint density at radius 1 is 1.03 bits per heavy atom. The Morgan fingerprint density at radius 3 is 2.40 bits per heavy atom. The summed E-state index contributed by atoms with van der Waals surface area (Å²) in [5.41, 5.74) is 7.89. The highest BCUT2D eigenvalue weighted by Gasteiger charge is 2.23. The van der Waals surface area contributed by atoms with E-state index in [1.807, 2.05) is 0 Å². The molecule has 1 heterocycles. The Labute approximate surface area is 201 Å². The van der Waals surface area contributed by atoms with Gasteiger partial charge in [0.25, 0.3) is 11.8 Å². The van der Waals surface area contributed by atoms with Crippen molar-refractivity contribution < 1.29 is 23.8 Å². The first-order valence-electron chi connectivity index (χ1n) is 11.0. The van der Waals surface area contributed by atoms with Crippen LogP contribution in [-0.2, 0) is 9.53 Å². The lowest BCUT2D eigenvalue weighted by Gasteiger charge is -2.27. The number of morpholine rings is 1. The predicted molar refractivity (Wildman–Crippen MR) is 130 cm³/mol. The number of nitrogens with one attached hydrogen (secondary N) is 2. The van der Waals surface area contributed by atoms with Crippen molar-refractivity contribution in [2.75, 3.05) is 31.6 Å². The van der Waals surface area contributed by atoms with Crippen molar-refractivity contribution in [1.82, 2.24) is 4.90 Å². The zero-order valence-corrected chi connectivity index (χ0v) is 18.8. The van der Waals surface area contributed by atoms with Gasteiger partial charge in [-0.1, -0.05) is 24.3 Å². The molecule has 5 N–H and O–H groups in total. The number of benzene rings is 3. The number of nitrogens with zero attached hydrogens (tertiary/aromatic N) is 1. The SMILES string of the molecule is N=C(N)c1ccc(NC(=O)C(O)c2cccc(-c3ccc(F)c(C(=O)N4CCOCC4)c3)c2)cc1. The third-order valence-electron chi connectivity index (χ3n) is 5.74. The van der Waals surface area contributed by atoms with E-state index in [-0.39, 0.29) is 11.4 Å². The lowest BCUT2D eigenvalue weighted by molar-refractivity contribution is -0.124. The molecule has 1 atom stereocenters. The number of rotatable bonds is 6. The van der Waals surface area contributed by atoms with Crippen molar-refractivity contribution in [3.05, 3.63) is 89.2 Å². The molecule has 0 aromatic heterocycles. The van der Waals surface area contributed by atoms with E-state index in [9.17, 15) is 19.1 Å². The number of hydrogen-bond acceptors (Lipinski definition) is 5. The molecule has 0 radical (unpaired) electrons. The Morgan fingerprint density at radius 2 is 1.71 bits per heavy atom. The van der Waals surface area contributed by atoms with E-state index >= 15 is 0 Å². The molecular formula is C26H25FN4O4. The monoisotopic (exact) mass is 476 g/mol. The van der Waals surface area contributed by atoms with Gasteiger partial charge in [0.05, 0.1) is 18.8 Å². The number of carbonyl (C=O) groups excluding carboxylic acids is 2. The molecule has 0 spiro atoms. The predicted octanol–water partition coefficient (Wildman–Crippen LogP) is 2.92. The van der Waals surface area contributed by atoms with Crippen LogP contribution in [0.4, 0.5) is 10.1 Å². The van der Waals surface area contributed by atoms with Gasteiger partial charge in [0, 0.05) is 24.3 Å². The van der Waals surface area contributed by atoms with Crippen LogP contribution >= 0.6 is 0 Å². The topological polar surface area (TPSA) is 129 Å². The number of nitrogens with two attached hydrogens (primary N) is 1. The van der Waals surface area contributed by atoms with Crippen LogP contribution in [0.15, 0.2) is 66.7 Å². The molecule has 180 valence electrons. The number of ether oxygens (including phenoxy) is 1. The number of amidine groups is 1. The van der Waals surface area contributed by atoms with Crippen LogP contribution in [0.5, 0.6) is 0 Å². The van der Waals surface area contributed by atoms with Gasteiger partial charge in [0.15, 0.2) is 6.10 Å². The zero-order valence-electron chi connectivity index (χ0n) is 18.8. The van der Waals surface area contributed by atoms with Crippen molar-refractivity contribution in [3.8, 4) is 11.1 Å². The number of nitrogen functional groups attached to an aromatic ring is 1. The summed E-state index contributed by atoms with van der Waals surface area (Å²) < 4.78 is 19.7. The summed E-state index contributed by atoms with van der Waals surface area (Å²) in [7, 11) is 0. The van der Waals surface area contributed by atoms with Crippen molar-refractivity contribution in [1.29, 1.82) is 5.41 Å². The summed E-state index contributed by atoms with van der Waals surface area (Å²) in [6.45, 7) is 1.62. The summed E-state index contributed by atoms with van der Waals surface area (Å²) >= 11 is 0. The Balaban J connectivity index is 1.52. The molecule has 4 rings (SSSR count). The number of aliphatic hydroxyl groups excluding tert-OH is 1. The van der Waals surface area contributed by atoms with Gasteiger partial charge in [-0.25, -0.2) is 4.39 Å². The van der Waals surface area contributed by atoms with E-state index in [0.717, 1.165) is 0 Å². The largest absolute Gasteiger partial charge is 0.384 e. The maximum Gasteiger partial charge on any atom is 0.257 e. The average Bonchev–Trinajstić information content (AvgIpc) is 2.89. The molecule has 1 saturated heterocycles. The van der Waals surface area contributed by atoms with E-state index in [2.05, 4.69) is 5.32 Å². The highest BCUT2D eigenvalue weighted by molar-refractivity contribution is 5.98. The van der Waals surface area contributed by atoms with Crippen LogP contribution in [-0.4, -0.2) is 54.0 Å². The molecule has 2 amide bonds. The maximum absolute atomic E-state index is 14.5. The van der Waals surface area contributed by atoms with Crippen LogP contribution < -0.4 is 11.1 Å². The first kappa shape index (κ1) is 24.1. The van der Waals surface area contributed by atoms with E-state index in [1.165, 1.54) is 12.1 Å². The van der Waals surface area contributed by atoms with Crippen LogP contribution in [0, 0.1) is 11.2 Å². The number of carbonyl (C=O) groups is 2. The molecule has 3 aromatic carbocycles. The normalized spacial score (nSPS) is 14.3. The molecular weight excluding hydrogens is 451 g/mol. The van der Waals surface area contributed by atoms with Crippen LogP contribution in [0.25, 0.3) is 11.1 Å². The van der Waals surface area contributed by atoms with Gasteiger partial charge in [-0.2, -0.15) is 0 Å². The average molecular weight is 477 g/mol. The standard InChI is InChI=1S/C26H25FN4O4/c27-22-9-6-18(15-21(22)26(34)31-10-12-35-13-11-31)17-2-1-3-19(14-17)23(32)25(33)30-20-7-4-16(5-8-20)24(28)29/h1-9,14-15,23,32H,10-13H2,(H3,28,29)(H,30,33). The van der Waals surface area contributed by atoms with Crippen LogP contribution in [0.2, 0.25) is 0 Å². The fourth-order valence-electron chi connectivity index (χ4n) is 3.79. The Hall–Kier alpha value is -4.08. The van der Waals surface area contributed by atoms with Gasteiger partial charge in [0.2, 0.25) is 0 Å². The number of anilines is 1. The molecule has 9 heteroatoms. The fraction of sp³-hybridized carbons (Fsp3) is 0.192. The lowest BCUT2D eigenvalue weighted by Crippen LogP contribution is -2.41. The van der Waals surface area contributed by atoms with Gasteiger partial charge in [-0.15, -0.1) is 0 Å². The third kappa shape index (κ3) is 5.53. The van der Waals surface area contributed by atoms with Crippen LogP contribution in [0.3, 0.4) is 0 Å². The molecule has 35 heavy (non-hydrogen) atoms. The minimum atomic E-state index is -1.46. The first-order valence-corrected chi connectivity index (χ1v) is 11.0. The van der Waals surface area contributed by atoms with Gasteiger partial charge in [-0.3, -0.25) is 15.0 Å². The summed E-state index contributed by atoms with van der Waals surface area (Å²) in [5, 5.41) is 20.7. The molecule has 1 unspecified atom stereocenters. The van der Waals surface area contributed by atoms with Gasteiger partial charge < -0.3 is 25.8 Å². The molecule has 1 aliphatic heterocycles. The van der Waals surface area contributed by atoms with Crippen molar-refractivity contribution in [2.24, 2.45) is 5.73 Å². The Bertz CT molecular complexity index is 1260. The van der Waals surface area contributed by atoms with E-state index in [0.29, 0.717) is 54.2 Å². The van der Waals surface area contributed by atoms with Gasteiger partial charge in [-0.05, 0) is 59.2 Å². The van der Waals surface area contributed by atoms with E-state index < -0.39 is 23.7 Å². The third-order valence-corrected chi connectivity index (χ3v) is 5.74. The second-order valence-corrected chi connectivity index (χ2v) is 8.11. The fourth-order valence-corrected chi connectivity index (χ4v) is 3.79. The van der Waals surface area contributed by atoms with Crippen LogP contribution in [0.1, 0.15) is 27.6 Å². The number of hydrogen-bond donors (Lipinski definition) is 4. The highest BCUT2D eigenvalue weighted by Crippen LogP contribution is 2.27. The zero-order chi connectivity index (χ0) is 24.9. The van der Waals surface area contributed by atoms with Crippen molar-refractivity contribution in [3.63, 3.8) is 0 Å². The van der Waals surface area contributed by atoms with E-state index in [1.54, 1.807) is 59.5 Å². The summed E-state index contributed by atoms with van der Waals surface area (Å²) in [5.74, 6) is -1.74. The smallest absolute Gasteiger partial charge is 0.257 e. The second-order valence-electron chi connectivity index (χ2n) is 8.11. The van der Waals surface area contributed by atoms with Crippen molar-refractivity contribution >= 4 is 23.3 Å². The molecule has 0 bridgehead atoms. The molecule has 0 aliphatic carbocycles. The summed E-state index contributed by atoms with van der Waals surface area (Å²) in [4.78, 5) is 27.0.